The van der Waals surface area contributed by atoms with Crippen LogP contribution in [0, 0.1) is 0 Å². The molecule has 0 spiro atoms. The zero-order valence-electron chi connectivity index (χ0n) is 27.1. The average Bonchev–Trinajstić information content (AvgIpc) is 3.20. The van der Waals surface area contributed by atoms with Crippen molar-refractivity contribution in [3.63, 3.8) is 0 Å². The second-order valence-corrected chi connectivity index (χ2v) is 12.9. The number of hydrogen-bond donors (Lipinski definition) is 0. The van der Waals surface area contributed by atoms with Crippen molar-refractivity contribution in [3.8, 4) is 56.2 Å². The molecule has 2 heterocycles. The molecule has 3 nitrogen and oxygen atoms in total. The molecule has 0 amide bonds. The van der Waals surface area contributed by atoms with E-state index < -0.39 is 0 Å². The molecule has 0 saturated heterocycles. The minimum absolute atomic E-state index is 0.700. The van der Waals surface area contributed by atoms with Crippen LogP contribution in [0.3, 0.4) is 0 Å². The van der Waals surface area contributed by atoms with Crippen molar-refractivity contribution in [2.24, 2.45) is 0 Å². The molecule has 10 rings (SSSR count). The number of pyridine rings is 1. The van der Waals surface area contributed by atoms with Crippen LogP contribution in [0.4, 0.5) is 0 Å². The summed E-state index contributed by atoms with van der Waals surface area (Å²) in [6, 6.07) is 58.2. The van der Waals surface area contributed by atoms with Gasteiger partial charge in [0.25, 0.3) is 0 Å². The van der Waals surface area contributed by atoms with Crippen molar-refractivity contribution >= 4 is 43.1 Å². The Morgan fingerprint density at radius 3 is 1.64 bits per heavy atom. The summed E-state index contributed by atoms with van der Waals surface area (Å²) in [6.45, 7) is 0. The lowest BCUT2D eigenvalue weighted by Gasteiger charge is -2.14. The Morgan fingerprint density at radius 2 is 0.880 bits per heavy atom. The average molecular weight is 636 g/mol. The smallest absolute Gasteiger partial charge is 0.160 e. The summed E-state index contributed by atoms with van der Waals surface area (Å²) in [5.74, 6) is 0.700. The second kappa shape index (κ2) is 11.5. The van der Waals surface area contributed by atoms with Crippen LogP contribution < -0.4 is 0 Å². The van der Waals surface area contributed by atoms with Crippen LogP contribution in [0.5, 0.6) is 0 Å². The summed E-state index contributed by atoms with van der Waals surface area (Å²) in [5.41, 5.74) is 9.48. The molecule has 232 valence electrons. The van der Waals surface area contributed by atoms with Gasteiger partial charge in [0.05, 0.1) is 11.4 Å². The Hall–Kier alpha value is -6.71. The topological polar surface area (TPSA) is 38.7 Å². The molecule has 8 aromatic carbocycles. The lowest BCUT2D eigenvalue weighted by atomic mass is 9.90. The third-order valence-electron chi connectivity index (χ3n) is 9.94. The van der Waals surface area contributed by atoms with Gasteiger partial charge >= 0.3 is 0 Å². The first-order chi connectivity index (χ1) is 24.8. The SMILES string of the molecule is c1ccc(-c2cc(-c3ccc(-c4cncc5ccccc45)cc3)nc(-c3ccc(-c4ccc5ccc6cccc7ccc4c5c67)cc3)n2)cc1. The van der Waals surface area contributed by atoms with Crippen molar-refractivity contribution in [2.75, 3.05) is 0 Å². The molecule has 0 atom stereocenters. The van der Waals surface area contributed by atoms with Gasteiger partial charge in [0.1, 0.15) is 0 Å². The van der Waals surface area contributed by atoms with E-state index >= 15 is 0 Å². The van der Waals surface area contributed by atoms with Gasteiger partial charge in [-0.25, -0.2) is 9.97 Å². The summed E-state index contributed by atoms with van der Waals surface area (Å²) in [6.07, 6.45) is 3.86. The fraction of sp³-hybridized carbons (Fsp3) is 0. The van der Waals surface area contributed by atoms with Crippen LogP contribution in [0.2, 0.25) is 0 Å². The van der Waals surface area contributed by atoms with Gasteiger partial charge in [0, 0.05) is 40.0 Å². The van der Waals surface area contributed by atoms with Crippen molar-refractivity contribution in [1.29, 1.82) is 0 Å². The molecule has 0 fully saturated rings. The largest absolute Gasteiger partial charge is 0.263 e. The molecule has 3 heteroatoms. The summed E-state index contributed by atoms with van der Waals surface area (Å²) in [5, 5.41) is 10.1. The highest BCUT2D eigenvalue weighted by molar-refractivity contribution is 6.25. The van der Waals surface area contributed by atoms with Crippen molar-refractivity contribution < 1.29 is 0 Å². The highest BCUT2D eigenvalue weighted by Gasteiger charge is 2.14. The van der Waals surface area contributed by atoms with Gasteiger partial charge in [-0.3, -0.25) is 4.98 Å². The molecule has 0 unspecified atom stereocenters. The molecule has 0 aliphatic carbocycles. The predicted octanol–water partition coefficient (Wildman–Crippen LogP) is 12.3. The highest BCUT2D eigenvalue weighted by atomic mass is 14.9. The van der Waals surface area contributed by atoms with Crippen LogP contribution in [0.1, 0.15) is 0 Å². The molecule has 0 aliphatic rings. The molecular weight excluding hydrogens is 607 g/mol. The second-order valence-electron chi connectivity index (χ2n) is 12.9. The van der Waals surface area contributed by atoms with Gasteiger partial charge in [-0.05, 0) is 60.5 Å². The number of benzene rings is 8. The Labute approximate surface area is 289 Å². The first-order valence-corrected chi connectivity index (χ1v) is 16.9. The van der Waals surface area contributed by atoms with Gasteiger partial charge in [-0.1, -0.05) is 158 Å². The maximum Gasteiger partial charge on any atom is 0.160 e. The van der Waals surface area contributed by atoms with E-state index in [1.165, 1.54) is 48.8 Å². The van der Waals surface area contributed by atoms with Gasteiger partial charge in [-0.2, -0.15) is 0 Å². The fourth-order valence-electron chi connectivity index (χ4n) is 7.43. The fourth-order valence-corrected chi connectivity index (χ4v) is 7.43. The normalized spacial score (nSPS) is 11.6. The van der Waals surface area contributed by atoms with E-state index in [9.17, 15) is 0 Å². The number of nitrogens with zero attached hydrogens (tertiary/aromatic N) is 3. The third kappa shape index (κ3) is 4.71. The van der Waals surface area contributed by atoms with E-state index in [2.05, 4.69) is 157 Å². The minimum atomic E-state index is 0.700. The first-order valence-electron chi connectivity index (χ1n) is 16.9. The quantitative estimate of drug-likeness (QED) is 0.177. The zero-order valence-corrected chi connectivity index (χ0v) is 27.1. The standard InChI is InChI=1S/C47H29N3/c1-2-7-32(8-3-1)43-27-44(33-17-13-31(14-18-33)42-29-48-28-38-9-4-5-12-39(38)42)50-47(49-43)37-21-15-30(16-22-37)40-25-23-36-20-19-34-10-6-11-35-24-26-41(40)46(36)45(34)35/h1-29H. The molecule has 50 heavy (non-hydrogen) atoms. The summed E-state index contributed by atoms with van der Waals surface area (Å²) in [7, 11) is 0. The minimum Gasteiger partial charge on any atom is -0.263 e. The first kappa shape index (κ1) is 28.3. The Bertz CT molecular complexity index is 2820. The van der Waals surface area contributed by atoms with Crippen LogP contribution in [-0.4, -0.2) is 15.0 Å². The monoisotopic (exact) mass is 635 g/mol. The van der Waals surface area contributed by atoms with Crippen molar-refractivity contribution in [2.45, 2.75) is 0 Å². The summed E-state index contributed by atoms with van der Waals surface area (Å²) < 4.78 is 0. The number of rotatable bonds is 5. The molecular formula is C47H29N3. The van der Waals surface area contributed by atoms with Crippen LogP contribution in [0.15, 0.2) is 176 Å². The molecule has 0 bridgehead atoms. The molecule has 0 saturated carbocycles. The van der Waals surface area contributed by atoms with E-state index in [1.54, 1.807) is 0 Å². The van der Waals surface area contributed by atoms with Gasteiger partial charge in [0.2, 0.25) is 0 Å². The lowest BCUT2D eigenvalue weighted by molar-refractivity contribution is 1.18. The van der Waals surface area contributed by atoms with E-state index in [1.807, 2.05) is 24.5 Å². The van der Waals surface area contributed by atoms with Crippen molar-refractivity contribution in [3.05, 3.63) is 176 Å². The van der Waals surface area contributed by atoms with E-state index in [4.69, 9.17) is 9.97 Å². The number of hydrogen-bond acceptors (Lipinski definition) is 3. The molecule has 2 aromatic heterocycles. The molecule has 0 aliphatic heterocycles. The maximum atomic E-state index is 5.14. The van der Waals surface area contributed by atoms with Gasteiger partial charge in [0.15, 0.2) is 5.82 Å². The predicted molar refractivity (Wildman–Crippen MR) is 208 cm³/mol. The van der Waals surface area contributed by atoms with Gasteiger partial charge in [-0.15, -0.1) is 0 Å². The molecule has 10 aromatic rings. The maximum absolute atomic E-state index is 5.14. The zero-order chi connectivity index (χ0) is 33.0. The summed E-state index contributed by atoms with van der Waals surface area (Å²) in [4.78, 5) is 14.7. The highest BCUT2D eigenvalue weighted by Crippen LogP contribution is 2.40. The molecule has 0 radical (unpaired) electrons. The van der Waals surface area contributed by atoms with Crippen molar-refractivity contribution in [1.82, 2.24) is 15.0 Å². The van der Waals surface area contributed by atoms with E-state index in [0.717, 1.165) is 44.6 Å². The van der Waals surface area contributed by atoms with Crippen LogP contribution in [0.25, 0.3) is 99.2 Å². The summed E-state index contributed by atoms with van der Waals surface area (Å²) >= 11 is 0. The Morgan fingerprint density at radius 1 is 0.320 bits per heavy atom. The third-order valence-corrected chi connectivity index (χ3v) is 9.94. The Kier molecular flexibility index (Phi) is 6.49. The number of aromatic nitrogens is 3. The van der Waals surface area contributed by atoms with Crippen LogP contribution in [-0.2, 0) is 0 Å². The van der Waals surface area contributed by atoms with Crippen LogP contribution >= 0.6 is 0 Å². The van der Waals surface area contributed by atoms with E-state index in [-0.39, 0.29) is 0 Å². The lowest BCUT2D eigenvalue weighted by Crippen LogP contribution is -1.96. The van der Waals surface area contributed by atoms with Gasteiger partial charge < -0.3 is 0 Å². The Balaban J connectivity index is 1.05. The number of fused-ring (bicyclic) bond motifs is 1. The molecule has 0 N–H and O–H groups in total. The van der Waals surface area contributed by atoms with E-state index in [0.29, 0.717) is 5.82 Å².